The molecule has 1 aliphatic heterocycles. The first-order valence-electron chi connectivity index (χ1n) is 5.16. The molecule has 0 radical (unpaired) electrons. The van der Waals surface area contributed by atoms with Crippen molar-refractivity contribution in [1.29, 1.82) is 0 Å². The summed E-state index contributed by atoms with van der Waals surface area (Å²) in [5.41, 5.74) is 3.94. The summed E-state index contributed by atoms with van der Waals surface area (Å²) < 4.78 is 5.57. The number of allylic oxidation sites excluding steroid dienone is 1. The van der Waals surface area contributed by atoms with Crippen LogP contribution in [0.4, 0.5) is 0 Å². The number of aliphatic imine (C=N–C) groups is 1. The molecule has 2 aliphatic rings. The van der Waals surface area contributed by atoms with Crippen molar-refractivity contribution in [2.45, 2.75) is 32.1 Å². The average Bonchev–Trinajstić information content (AvgIpc) is 2.53. The summed E-state index contributed by atoms with van der Waals surface area (Å²) in [6.45, 7) is 2.17. The molecule has 2 heterocycles. The third kappa shape index (κ3) is 0.999. The first-order valence-corrected chi connectivity index (χ1v) is 5.16. The molecule has 1 unspecified atom stereocenters. The summed E-state index contributed by atoms with van der Waals surface area (Å²) in [7, 11) is 0. The van der Waals surface area contributed by atoms with Gasteiger partial charge in [0.15, 0.2) is 0 Å². The van der Waals surface area contributed by atoms with Gasteiger partial charge in [0.2, 0.25) is 0 Å². The van der Waals surface area contributed by atoms with E-state index in [-0.39, 0.29) is 0 Å². The Kier molecular flexibility index (Phi) is 1.63. The van der Waals surface area contributed by atoms with E-state index in [1.165, 1.54) is 35.3 Å². The maximum Gasteiger partial charge on any atom is 0.108 e. The van der Waals surface area contributed by atoms with Gasteiger partial charge in [-0.15, -0.1) is 0 Å². The molecule has 72 valence electrons. The molecular formula is C12H13NO. The van der Waals surface area contributed by atoms with E-state index in [4.69, 9.17) is 4.42 Å². The zero-order valence-electron chi connectivity index (χ0n) is 8.29. The predicted molar refractivity (Wildman–Crippen MR) is 55.7 cm³/mol. The van der Waals surface area contributed by atoms with Gasteiger partial charge in [0.05, 0.1) is 6.26 Å². The van der Waals surface area contributed by atoms with E-state index in [1.807, 2.05) is 18.7 Å². The first-order chi connectivity index (χ1) is 6.86. The Hall–Kier alpha value is -1.31. The van der Waals surface area contributed by atoms with Crippen LogP contribution in [0.5, 0.6) is 0 Å². The van der Waals surface area contributed by atoms with Gasteiger partial charge in [-0.1, -0.05) is 0 Å². The fourth-order valence-corrected chi connectivity index (χ4v) is 2.50. The van der Waals surface area contributed by atoms with Gasteiger partial charge in [0, 0.05) is 35.9 Å². The van der Waals surface area contributed by atoms with Crippen LogP contribution in [0.3, 0.4) is 0 Å². The van der Waals surface area contributed by atoms with Crippen molar-refractivity contribution in [2.24, 2.45) is 4.99 Å². The van der Waals surface area contributed by atoms with Crippen molar-refractivity contribution >= 4 is 6.21 Å². The van der Waals surface area contributed by atoms with Crippen molar-refractivity contribution in [3.05, 3.63) is 34.9 Å². The maximum atomic E-state index is 5.57. The third-order valence-electron chi connectivity index (χ3n) is 3.23. The largest absolute Gasteiger partial charge is 0.468 e. The van der Waals surface area contributed by atoms with Gasteiger partial charge in [0.25, 0.3) is 0 Å². The highest BCUT2D eigenvalue weighted by atomic mass is 16.3. The van der Waals surface area contributed by atoms with Gasteiger partial charge in [0.1, 0.15) is 5.76 Å². The molecule has 0 amide bonds. The lowest BCUT2D eigenvalue weighted by atomic mass is 9.81. The first kappa shape index (κ1) is 8.04. The second-order valence-corrected chi connectivity index (χ2v) is 4.12. The van der Waals surface area contributed by atoms with Crippen molar-refractivity contribution < 1.29 is 4.42 Å². The maximum absolute atomic E-state index is 5.57. The molecule has 0 N–H and O–H groups in total. The van der Waals surface area contributed by atoms with E-state index < -0.39 is 0 Å². The highest BCUT2D eigenvalue weighted by Gasteiger charge is 2.27. The fraction of sp³-hybridized carbons (Fsp3) is 0.417. The van der Waals surface area contributed by atoms with Crippen LogP contribution in [0, 0.1) is 0 Å². The zero-order valence-corrected chi connectivity index (χ0v) is 8.29. The molecule has 3 rings (SSSR count). The number of hydrogen-bond acceptors (Lipinski definition) is 2. The van der Waals surface area contributed by atoms with E-state index in [1.54, 1.807) is 0 Å². The Morgan fingerprint density at radius 1 is 1.50 bits per heavy atom. The highest BCUT2D eigenvalue weighted by molar-refractivity contribution is 5.83. The Bertz CT molecular complexity index is 426. The van der Waals surface area contributed by atoms with E-state index in [2.05, 4.69) is 11.9 Å². The number of hydrogen-bond donors (Lipinski definition) is 0. The molecule has 0 spiro atoms. The molecule has 14 heavy (non-hydrogen) atoms. The lowest BCUT2D eigenvalue weighted by molar-refractivity contribution is 0.463. The minimum Gasteiger partial charge on any atom is -0.468 e. The van der Waals surface area contributed by atoms with Gasteiger partial charge in [-0.25, -0.2) is 0 Å². The normalized spacial score (nSPS) is 24.1. The molecule has 0 bridgehead atoms. The number of furan rings is 1. The molecule has 1 aromatic rings. The number of rotatable bonds is 0. The van der Waals surface area contributed by atoms with E-state index >= 15 is 0 Å². The predicted octanol–water partition coefficient (Wildman–Crippen LogP) is 3.04. The van der Waals surface area contributed by atoms with Crippen LogP contribution in [-0.4, -0.2) is 6.21 Å². The molecule has 0 saturated carbocycles. The molecule has 0 fully saturated rings. The van der Waals surface area contributed by atoms with Crippen molar-refractivity contribution in [2.75, 3.05) is 0 Å². The topological polar surface area (TPSA) is 25.5 Å². The molecule has 1 aromatic heterocycles. The molecule has 2 nitrogen and oxygen atoms in total. The fourth-order valence-electron chi connectivity index (χ4n) is 2.50. The summed E-state index contributed by atoms with van der Waals surface area (Å²) in [5.74, 6) is 1.73. The summed E-state index contributed by atoms with van der Waals surface area (Å²) in [6, 6.07) is 0. The summed E-state index contributed by atoms with van der Waals surface area (Å²) in [5, 5.41) is 0. The average molecular weight is 187 g/mol. The Morgan fingerprint density at radius 3 is 3.36 bits per heavy atom. The van der Waals surface area contributed by atoms with Crippen LogP contribution in [0.15, 0.2) is 27.4 Å². The minimum atomic E-state index is 0.551. The molecule has 2 heteroatoms. The molecular weight excluding hydrogens is 174 g/mol. The van der Waals surface area contributed by atoms with Crippen LogP contribution in [0.2, 0.25) is 0 Å². The molecule has 1 atom stereocenters. The second kappa shape index (κ2) is 2.84. The van der Waals surface area contributed by atoms with Gasteiger partial charge >= 0.3 is 0 Å². The van der Waals surface area contributed by atoms with Crippen molar-refractivity contribution in [1.82, 2.24) is 0 Å². The molecule has 0 aromatic carbocycles. The van der Waals surface area contributed by atoms with E-state index in [9.17, 15) is 0 Å². The second-order valence-electron chi connectivity index (χ2n) is 4.12. The van der Waals surface area contributed by atoms with E-state index in [0.29, 0.717) is 5.92 Å². The van der Waals surface area contributed by atoms with Crippen LogP contribution >= 0.6 is 0 Å². The number of aryl methyl sites for hydroxylation is 1. The van der Waals surface area contributed by atoms with Crippen LogP contribution in [0.1, 0.15) is 42.6 Å². The summed E-state index contributed by atoms with van der Waals surface area (Å²) in [6.07, 6.45) is 9.31. The van der Waals surface area contributed by atoms with Crippen molar-refractivity contribution in [3.63, 3.8) is 0 Å². The summed E-state index contributed by atoms with van der Waals surface area (Å²) >= 11 is 0. The van der Waals surface area contributed by atoms with Gasteiger partial charge in [-0.05, 0) is 25.3 Å². The highest BCUT2D eigenvalue weighted by Crippen LogP contribution is 2.40. The monoisotopic (exact) mass is 187 g/mol. The SMILES string of the molecule is CC1=CN=Cc2coc3c2C1CCC3. The van der Waals surface area contributed by atoms with Crippen molar-refractivity contribution in [3.8, 4) is 0 Å². The Morgan fingerprint density at radius 2 is 2.43 bits per heavy atom. The molecule has 1 aliphatic carbocycles. The standard InChI is InChI=1S/C12H13NO/c1-8-5-13-6-9-7-14-11-4-2-3-10(8)12(9)11/h5-7,10H,2-4H2,1H3. The van der Waals surface area contributed by atoms with Gasteiger partial charge in [-0.2, -0.15) is 0 Å². The van der Waals surface area contributed by atoms with Crippen LogP contribution < -0.4 is 0 Å². The number of nitrogens with zero attached hydrogens (tertiary/aromatic N) is 1. The van der Waals surface area contributed by atoms with E-state index in [0.717, 1.165) is 6.42 Å². The lowest BCUT2D eigenvalue weighted by Crippen LogP contribution is -2.09. The zero-order chi connectivity index (χ0) is 9.54. The van der Waals surface area contributed by atoms with Gasteiger partial charge in [-0.3, -0.25) is 4.99 Å². The van der Waals surface area contributed by atoms with Crippen LogP contribution in [0.25, 0.3) is 0 Å². The van der Waals surface area contributed by atoms with Gasteiger partial charge < -0.3 is 4.42 Å². The Labute approximate surface area is 83.3 Å². The van der Waals surface area contributed by atoms with Crippen LogP contribution in [-0.2, 0) is 6.42 Å². The summed E-state index contributed by atoms with van der Waals surface area (Å²) in [4.78, 5) is 4.29. The molecule has 0 saturated heterocycles. The quantitative estimate of drug-likeness (QED) is 0.613. The Balaban J connectivity index is 2.23. The minimum absolute atomic E-state index is 0.551. The third-order valence-corrected chi connectivity index (χ3v) is 3.23. The smallest absolute Gasteiger partial charge is 0.108 e. The lowest BCUT2D eigenvalue weighted by Gasteiger charge is -2.21.